The zero-order chi connectivity index (χ0) is 14.9. The molecule has 6 heteroatoms. The average molecular weight is 298 g/mol. The van der Waals surface area contributed by atoms with Gasteiger partial charge in [0.25, 0.3) is 0 Å². The molecule has 1 heterocycles. The Morgan fingerprint density at radius 3 is 2.60 bits per heavy atom. The van der Waals surface area contributed by atoms with Crippen molar-refractivity contribution >= 4 is 15.7 Å². The first-order chi connectivity index (χ1) is 9.33. The second-order valence-corrected chi connectivity index (χ2v) is 7.12. The maximum atomic E-state index is 12.5. The summed E-state index contributed by atoms with van der Waals surface area (Å²) in [5, 5.41) is 0. The van der Waals surface area contributed by atoms with Crippen molar-refractivity contribution in [1.29, 1.82) is 0 Å². The minimum atomic E-state index is -3.59. The van der Waals surface area contributed by atoms with E-state index in [-0.39, 0.29) is 16.9 Å². The Labute approximate surface area is 120 Å². The van der Waals surface area contributed by atoms with Crippen LogP contribution in [0.1, 0.15) is 24.5 Å². The van der Waals surface area contributed by atoms with Gasteiger partial charge in [0.1, 0.15) is 4.90 Å². The van der Waals surface area contributed by atoms with Gasteiger partial charge in [-0.15, -0.1) is 0 Å². The van der Waals surface area contributed by atoms with Gasteiger partial charge in [-0.2, -0.15) is 0 Å². The number of hydrogen-bond donors (Lipinski definition) is 2. The molecular weight excluding hydrogens is 276 g/mol. The van der Waals surface area contributed by atoms with Crippen LogP contribution in [0, 0.1) is 19.8 Å². The van der Waals surface area contributed by atoms with Crippen LogP contribution in [0.25, 0.3) is 0 Å². The van der Waals surface area contributed by atoms with Crippen molar-refractivity contribution in [3.8, 4) is 0 Å². The van der Waals surface area contributed by atoms with Crippen molar-refractivity contribution in [1.82, 2.24) is 4.72 Å². The number of ether oxygens (including phenoxy) is 1. The van der Waals surface area contributed by atoms with Gasteiger partial charge >= 0.3 is 0 Å². The molecule has 0 amide bonds. The second kappa shape index (κ2) is 5.71. The molecule has 2 rings (SSSR count). The van der Waals surface area contributed by atoms with Gasteiger partial charge in [0, 0.05) is 19.1 Å². The molecule has 1 aromatic rings. The SMILES string of the molecule is Cc1ccc(C)c(S(=O)(=O)NCC2CCOC2C)c1N. The van der Waals surface area contributed by atoms with Crippen LogP contribution in [-0.4, -0.2) is 27.7 Å². The minimum absolute atomic E-state index is 0.0913. The molecule has 0 radical (unpaired) electrons. The van der Waals surface area contributed by atoms with E-state index < -0.39 is 10.0 Å². The quantitative estimate of drug-likeness (QED) is 0.827. The summed E-state index contributed by atoms with van der Waals surface area (Å²) in [6, 6.07) is 3.61. The summed E-state index contributed by atoms with van der Waals surface area (Å²) in [6.45, 7) is 6.61. The lowest BCUT2D eigenvalue weighted by Crippen LogP contribution is -2.32. The zero-order valence-electron chi connectivity index (χ0n) is 12.1. The summed E-state index contributed by atoms with van der Waals surface area (Å²) in [6.07, 6.45) is 0.972. The van der Waals surface area contributed by atoms with E-state index in [1.54, 1.807) is 19.9 Å². The number of anilines is 1. The molecule has 5 nitrogen and oxygen atoms in total. The molecule has 1 fully saturated rings. The predicted octanol–water partition coefficient (Wildman–Crippen LogP) is 1.59. The Morgan fingerprint density at radius 2 is 2.00 bits per heavy atom. The molecule has 0 spiro atoms. The molecular formula is C14H22N2O3S. The van der Waals surface area contributed by atoms with E-state index in [0.29, 0.717) is 24.4 Å². The highest BCUT2D eigenvalue weighted by Gasteiger charge is 2.27. The summed E-state index contributed by atoms with van der Waals surface area (Å²) in [5.41, 5.74) is 7.70. The van der Waals surface area contributed by atoms with Crippen LogP contribution in [0.15, 0.2) is 17.0 Å². The third kappa shape index (κ3) is 2.97. The summed E-state index contributed by atoms with van der Waals surface area (Å²) in [7, 11) is -3.59. The largest absolute Gasteiger partial charge is 0.397 e. The molecule has 20 heavy (non-hydrogen) atoms. The highest BCUT2D eigenvalue weighted by atomic mass is 32.2. The van der Waals surface area contributed by atoms with Crippen molar-refractivity contribution in [3.05, 3.63) is 23.3 Å². The van der Waals surface area contributed by atoms with Gasteiger partial charge < -0.3 is 10.5 Å². The number of benzene rings is 1. The summed E-state index contributed by atoms with van der Waals surface area (Å²) >= 11 is 0. The summed E-state index contributed by atoms with van der Waals surface area (Å²) in [5.74, 6) is 0.219. The van der Waals surface area contributed by atoms with Gasteiger partial charge in [-0.1, -0.05) is 12.1 Å². The first-order valence-corrected chi connectivity index (χ1v) is 8.28. The molecule has 0 bridgehead atoms. The van der Waals surface area contributed by atoms with Crippen LogP contribution in [0.5, 0.6) is 0 Å². The Bertz CT molecular complexity index is 599. The molecule has 1 aromatic carbocycles. The van der Waals surface area contributed by atoms with Gasteiger partial charge in [0.2, 0.25) is 10.0 Å². The third-order valence-electron chi connectivity index (χ3n) is 3.95. The van der Waals surface area contributed by atoms with Crippen molar-refractivity contribution in [2.24, 2.45) is 5.92 Å². The predicted molar refractivity (Wildman–Crippen MR) is 79.0 cm³/mol. The maximum absolute atomic E-state index is 12.5. The number of sulfonamides is 1. The van der Waals surface area contributed by atoms with Gasteiger partial charge in [-0.3, -0.25) is 0 Å². The third-order valence-corrected chi connectivity index (χ3v) is 5.57. The van der Waals surface area contributed by atoms with Gasteiger partial charge in [-0.05, 0) is 38.3 Å². The fourth-order valence-electron chi connectivity index (χ4n) is 2.50. The number of nitrogens with two attached hydrogens (primary N) is 1. The van der Waals surface area contributed by atoms with Gasteiger partial charge in [0.05, 0.1) is 11.8 Å². The highest BCUT2D eigenvalue weighted by molar-refractivity contribution is 7.89. The molecule has 2 atom stereocenters. The zero-order valence-corrected chi connectivity index (χ0v) is 13.0. The second-order valence-electron chi connectivity index (χ2n) is 5.42. The van der Waals surface area contributed by atoms with Crippen LogP contribution < -0.4 is 10.5 Å². The molecule has 2 unspecified atom stereocenters. The normalized spacial score (nSPS) is 23.1. The Balaban J connectivity index is 2.21. The highest BCUT2D eigenvalue weighted by Crippen LogP contribution is 2.26. The van der Waals surface area contributed by atoms with Crippen LogP contribution >= 0.6 is 0 Å². The fourth-order valence-corrected chi connectivity index (χ4v) is 4.02. The number of rotatable bonds is 4. The molecule has 1 aliphatic rings. The van der Waals surface area contributed by atoms with E-state index in [2.05, 4.69) is 4.72 Å². The molecule has 112 valence electrons. The van der Waals surface area contributed by atoms with E-state index in [0.717, 1.165) is 12.0 Å². The van der Waals surface area contributed by atoms with Crippen molar-refractivity contribution < 1.29 is 13.2 Å². The Hall–Kier alpha value is -1.11. The topological polar surface area (TPSA) is 81.4 Å². The maximum Gasteiger partial charge on any atom is 0.242 e. The van der Waals surface area contributed by atoms with E-state index in [1.165, 1.54) is 0 Å². The van der Waals surface area contributed by atoms with E-state index in [1.807, 2.05) is 13.0 Å². The van der Waals surface area contributed by atoms with Gasteiger partial charge in [0.15, 0.2) is 0 Å². The van der Waals surface area contributed by atoms with Crippen molar-refractivity contribution in [2.75, 3.05) is 18.9 Å². The molecule has 3 N–H and O–H groups in total. The summed E-state index contributed by atoms with van der Waals surface area (Å²) < 4.78 is 33.0. The van der Waals surface area contributed by atoms with Crippen molar-refractivity contribution in [2.45, 2.75) is 38.2 Å². The van der Waals surface area contributed by atoms with Crippen LogP contribution in [0.4, 0.5) is 5.69 Å². The molecule has 0 aromatic heterocycles. The Morgan fingerprint density at radius 1 is 1.35 bits per heavy atom. The monoisotopic (exact) mass is 298 g/mol. The number of hydrogen-bond acceptors (Lipinski definition) is 4. The number of aryl methyl sites for hydroxylation is 2. The van der Waals surface area contributed by atoms with Crippen LogP contribution in [0.3, 0.4) is 0 Å². The van der Waals surface area contributed by atoms with Crippen molar-refractivity contribution in [3.63, 3.8) is 0 Å². The fraction of sp³-hybridized carbons (Fsp3) is 0.571. The molecule has 0 aliphatic carbocycles. The van der Waals surface area contributed by atoms with E-state index in [9.17, 15) is 8.42 Å². The lowest BCUT2D eigenvalue weighted by molar-refractivity contribution is 0.107. The summed E-state index contributed by atoms with van der Waals surface area (Å²) in [4.78, 5) is 0.198. The lowest BCUT2D eigenvalue weighted by Gasteiger charge is -2.17. The van der Waals surface area contributed by atoms with Gasteiger partial charge in [-0.25, -0.2) is 13.1 Å². The average Bonchev–Trinajstić information content (AvgIpc) is 2.77. The first kappa shape index (κ1) is 15.3. The number of nitrogen functional groups attached to an aromatic ring is 1. The molecule has 0 saturated carbocycles. The molecule has 1 saturated heterocycles. The minimum Gasteiger partial charge on any atom is -0.397 e. The van der Waals surface area contributed by atoms with E-state index in [4.69, 9.17) is 10.5 Å². The van der Waals surface area contributed by atoms with E-state index >= 15 is 0 Å². The standard InChI is InChI=1S/C14H22N2O3S/c1-9-4-5-10(2)14(13(9)15)20(17,18)16-8-12-6-7-19-11(12)3/h4-5,11-12,16H,6-8,15H2,1-3H3. The Kier molecular flexibility index (Phi) is 4.36. The lowest BCUT2D eigenvalue weighted by atomic mass is 10.0. The van der Waals surface area contributed by atoms with Crippen LogP contribution in [0.2, 0.25) is 0 Å². The van der Waals surface area contributed by atoms with Crippen LogP contribution in [-0.2, 0) is 14.8 Å². The smallest absolute Gasteiger partial charge is 0.242 e. The number of nitrogens with one attached hydrogen (secondary N) is 1. The first-order valence-electron chi connectivity index (χ1n) is 6.80. The molecule has 1 aliphatic heterocycles.